The van der Waals surface area contributed by atoms with Crippen LogP contribution in [0.1, 0.15) is 56.5 Å². The van der Waals surface area contributed by atoms with Gasteiger partial charge in [-0.25, -0.2) is 0 Å². The number of allylic oxidation sites excluding steroid dienone is 1. The van der Waals surface area contributed by atoms with Crippen molar-refractivity contribution in [2.75, 3.05) is 0 Å². The number of amides is 2. The first kappa shape index (κ1) is 31.1. The Hall–Kier alpha value is -4.52. The smallest absolute Gasteiger partial charge is 0.420 e. The molecule has 3 heterocycles. The molecule has 2 aromatic carbocycles. The van der Waals surface area contributed by atoms with Gasteiger partial charge in [-0.3, -0.25) is 19.8 Å². The van der Waals surface area contributed by atoms with Gasteiger partial charge in [0.2, 0.25) is 17.7 Å². The molecule has 2 amide bonds. The van der Waals surface area contributed by atoms with Gasteiger partial charge in [-0.1, -0.05) is 49.3 Å². The lowest BCUT2D eigenvalue weighted by Gasteiger charge is -2.37. The monoisotopic (exact) mass is 641 g/mol. The molecule has 1 saturated carbocycles. The van der Waals surface area contributed by atoms with Gasteiger partial charge in [0.1, 0.15) is 30.1 Å². The van der Waals surface area contributed by atoms with Crippen LogP contribution in [0.25, 0.3) is 0 Å². The molecule has 0 spiro atoms. The van der Waals surface area contributed by atoms with Crippen LogP contribution in [0.4, 0.5) is 0 Å². The van der Waals surface area contributed by atoms with Gasteiger partial charge in [-0.15, -0.1) is 5.10 Å². The number of aromatic nitrogens is 2. The lowest BCUT2D eigenvalue weighted by molar-refractivity contribution is -0.149. The summed E-state index contributed by atoms with van der Waals surface area (Å²) >= 11 is 0. The first-order valence-corrected chi connectivity index (χ1v) is 16.1. The van der Waals surface area contributed by atoms with Crippen LogP contribution in [0.2, 0.25) is 0 Å². The Kier molecular flexibility index (Phi) is 8.11. The number of fused-ring (bicyclic) bond motifs is 1. The van der Waals surface area contributed by atoms with Crippen molar-refractivity contribution in [3.05, 3.63) is 89.5 Å². The van der Waals surface area contributed by atoms with E-state index < -0.39 is 30.3 Å². The van der Waals surface area contributed by atoms with E-state index >= 15 is 0 Å². The number of nitrogens with one attached hydrogen (secondary N) is 2. The molecule has 2 aliphatic carbocycles. The molecule has 12 heteroatoms. The Bertz CT molecular complexity index is 1690. The normalized spacial score (nSPS) is 28.8. The average molecular weight is 642 g/mol. The lowest BCUT2D eigenvalue weighted by Crippen LogP contribution is -2.58. The maximum Gasteiger partial charge on any atom is 0.420 e. The minimum Gasteiger partial charge on any atom is -0.490 e. The number of likely N-dealkylation sites (tertiary alicyclic amines) is 1. The summed E-state index contributed by atoms with van der Waals surface area (Å²) in [6.07, 6.45) is 5.98. The van der Waals surface area contributed by atoms with E-state index in [1.54, 1.807) is 13.0 Å². The molecule has 2 aliphatic heterocycles. The number of ether oxygens (including phenoxy) is 2. The number of imide groups is 1. The largest absolute Gasteiger partial charge is 0.490 e. The Morgan fingerprint density at radius 1 is 0.936 bits per heavy atom. The Labute approximate surface area is 272 Å². The number of rotatable bonds is 9. The van der Waals surface area contributed by atoms with Gasteiger partial charge in [0, 0.05) is 36.9 Å². The number of carbonyl (C=O) groups excluding carboxylic acids is 2. The molecule has 4 aliphatic rings. The van der Waals surface area contributed by atoms with E-state index in [-0.39, 0.29) is 35.5 Å². The summed E-state index contributed by atoms with van der Waals surface area (Å²) in [5.74, 6) is 0.0889. The number of carbonyl (C=O) groups is 2. The molecular weight excluding hydrogens is 602 g/mol. The third-order valence-corrected chi connectivity index (χ3v) is 9.70. The van der Waals surface area contributed by atoms with Crippen molar-refractivity contribution < 1.29 is 33.7 Å². The predicted octanol–water partition coefficient (Wildman–Crippen LogP) is 3.44. The van der Waals surface area contributed by atoms with Gasteiger partial charge in [0.15, 0.2) is 0 Å². The molecule has 246 valence electrons. The van der Waals surface area contributed by atoms with Gasteiger partial charge in [-0.05, 0) is 60.4 Å². The highest BCUT2D eigenvalue weighted by molar-refractivity contribution is 6.07. The van der Waals surface area contributed by atoms with Crippen molar-refractivity contribution in [3.63, 3.8) is 0 Å². The van der Waals surface area contributed by atoms with E-state index in [2.05, 4.69) is 46.8 Å². The highest BCUT2D eigenvalue weighted by atomic mass is 16.6. The second kappa shape index (κ2) is 12.3. The van der Waals surface area contributed by atoms with Gasteiger partial charge in [-0.2, -0.15) is 0 Å². The van der Waals surface area contributed by atoms with E-state index in [0.29, 0.717) is 24.5 Å². The molecule has 2 saturated heterocycles. The number of aliphatic hydroxyl groups is 2. The average Bonchev–Trinajstić information content (AvgIpc) is 3.55. The third-order valence-electron chi connectivity index (χ3n) is 9.70. The van der Waals surface area contributed by atoms with Crippen LogP contribution in [0, 0.1) is 18.8 Å². The number of benzene rings is 2. The quantitative estimate of drug-likeness (QED) is 0.254. The molecule has 5 atom stereocenters. The standard InChI is InChI=1S/C35H39N5O7/c1-19-38-39-34(45-19)47-25-11-6-21(7-12-25)35(2,3)20-4-9-24(10-5-20)46-26-16-23(17-26)36-22-8-13-27-28(18-22)33(44)40(32(27)43)29-14-15-30(41)37-31(29)42/h4-13,18,23,26-31,36-37,41-42H,14-17H2,1-3H3/t23?,26?,27-,28-,29-,30-,31-/m1/s1. The van der Waals surface area contributed by atoms with E-state index in [4.69, 9.17) is 13.9 Å². The van der Waals surface area contributed by atoms with Gasteiger partial charge >= 0.3 is 6.08 Å². The van der Waals surface area contributed by atoms with Crippen molar-refractivity contribution >= 4 is 11.8 Å². The molecular formula is C35H39N5O7. The van der Waals surface area contributed by atoms with Crippen molar-refractivity contribution in [1.82, 2.24) is 25.7 Å². The highest BCUT2D eigenvalue weighted by Crippen LogP contribution is 2.38. The molecule has 0 bridgehead atoms. The van der Waals surface area contributed by atoms with Gasteiger partial charge in [0.25, 0.3) is 0 Å². The Morgan fingerprint density at radius 3 is 2.23 bits per heavy atom. The number of hydrogen-bond donors (Lipinski definition) is 4. The predicted molar refractivity (Wildman–Crippen MR) is 169 cm³/mol. The summed E-state index contributed by atoms with van der Waals surface area (Å²) in [4.78, 5) is 27.5. The summed E-state index contributed by atoms with van der Waals surface area (Å²) in [6, 6.07) is 15.5. The fraction of sp³-hybridized carbons (Fsp3) is 0.429. The molecule has 3 fully saturated rings. The van der Waals surface area contributed by atoms with E-state index in [0.717, 1.165) is 35.4 Å². The van der Waals surface area contributed by atoms with Crippen molar-refractivity contribution in [1.29, 1.82) is 0 Å². The lowest BCUT2D eigenvalue weighted by atomic mass is 9.78. The van der Waals surface area contributed by atoms with E-state index in [1.165, 1.54) is 4.90 Å². The number of aryl methyl sites for hydroxylation is 1. The first-order chi connectivity index (χ1) is 22.5. The summed E-state index contributed by atoms with van der Waals surface area (Å²) in [5, 5.41) is 33.9. The zero-order valence-corrected chi connectivity index (χ0v) is 26.5. The first-order valence-electron chi connectivity index (χ1n) is 16.1. The van der Waals surface area contributed by atoms with Crippen LogP contribution in [-0.2, 0) is 15.0 Å². The SMILES string of the molecule is Cc1nnc(Oc2ccc(C(C)(C)c3ccc(OC4CC(NC5=C[C@H]6C(=O)N([C@@H]7CC[C@@H](O)N[C@@H]7O)C(=O)[C@@H]6C=C5)C4)cc3)cc2)o1. The molecule has 3 aromatic rings. The number of piperidine rings is 1. The second-order valence-electron chi connectivity index (χ2n) is 13.3. The summed E-state index contributed by atoms with van der Waals surface area (Å²) < 4.78 is 17.2. The van der Waals surface area contributed by atoms with E-state index in [1.807, 2.05) is 48.6 Å². The van der Waals surface area contributed by atoms with Crippen molar-refractivity contribution in [2.45, 2.75) is 82.5 Å². The Balaban J connectivity index is 0.904. The zero-order chi connectivity index (χ0) is 32.9. The summed E-state index contributed by atoms with van der Waals surface area (Å²) in [5.41, 5.74) is 2.84. The topological polar surface area (TPSA) is 159 Å². The molecule has 1 aromatic heterocycles. The van der Waals surface area contributed by atoms with Crippen molar-refractivity contribution in [2.24, 2.45) is 11.8 Å². The molecule has 0 unspecified atom stereocenters. The van der Waals surface area contributed by atoms with Gasteiger partial charge in [0.05, 0.1) is 17.9 Å². The molecule has 12 nitrogen and oxygen atoms in total. The van der Waals surface area contributed by atoms with Crippen LogP contribution < -0.4 is 20.1 Å². The fourth-order valence-corrected chi connectivity index (χ4v) is 6.83. The zero-order valence-electron chi connectivity index (χ0n) is 26.5. The summed E-state index contributed by atoms with van der Waals surface area (Å²) in [7, 11) is 0. The van der Waals surface area contributed by atoms with Crippen LogP contribution in [0.3, 0.4) is 0 Å². The number of aliphatic hydroxyl groups excluding tert-OH is 2. The molecule has 7 rings (SSSR count). The van der Waals surface area contributed by atoms with Gasteiger partial charge < -0.3 is 29.4 Å². The molecule has 0 radical (unpaired) electrons. The maximum atomic E-state index is 13.3. The minimum absolute atomic E-state index is 0.0725. The van der Waals surface area contributed by atoms with Crippen molar-refractivity contribution in [3.8, 4) is 17.6 Å². The van der Waals surface area contributed by atoms with Crippen LogP contribution >= 0.6 is 0 Å². The summed E-state index contributed by atoms with van der Waals surface area (Å²) in [6.45, 7) is 6.06. The Morgan fingerprint density at radius 2 is 1.60 bits per heavy atom. The maximum absolute atomic E-state index is 13.3. The molecule has 47 heavy (non-hydrogen) atoms. The third kappa shape index (κ3) is 6.16. The van der Waals surface area contributed by atoms with Crippen LogP contribution in [-0.4, -0.2) is 67.8 Å². The number of nitrogens with zero attached hydrogens (tertiary/aromatic N) is 3. The van der Waals surface area contributed by atoms with Crippen LogP contribution in [0.5, 0.6) is 17.6 Å². The van der Waals surface area contributed by atoms with Crippen LogP contribution in [0.15, 0.2) is 76.9 Å². The minimum atomic E-state index is -1.15. The molecule has 4 N–H and O–H groups in total. The van der Waals surface area contributed by atoms with E-state index in [9.17, 15) is 19.8 Å². The second-order valence-corrected chi connectivity index (χ2v) is 13.3. The highest BCUT2D eigenvalue weighted by Gasteiger charge is 2.51. The fourth-order valence-electron chi connectivity index (χ4n) is 6.83. The number of hydrogen-bond acceptors (Lipinski definition) is 11.